The minimum absolute atomic E-state index is 0.107. The Morgan fingerprint density at radius 1 is 1.47 bits per heavy atom. The molecule has 0 spiro atoms. The number of esters is 1. The van der Waals surface area contributed by atoms with Gasteiger partial charge in [0.1, 0.15) is 6.29 Å². The summed E-state index contributed by atoms with van der Waals surface area (Å²) < 4.78 is 4.72. The number of hydrogen-bond donors (Lipinski definition) is 1. The Bertz CT molecular complexity index is 320. The summed E-state index contributed by atoms with van der Waals surface area (Å²) in [5.41, 5.74) is -2.56. The molecule has 2 atom stereocenters. The van der Waals surface area contributed by atoms with Crippen molar-refractivity contribution in [3.63, 3.8) is 0 Å². The number of rotatable bonds is 4. The molecule has 1 aliphatic rings. The van der Waals surface area contributed by atoms with Crippen molar-refractivity contribution in [1.82, 2.24) is 0 Å². The molecule has 2 unspecified atom stereocenters. The van der Waals surface area contributed by atoms with Gasteiger partial charge in [-0.3, -0.25) is 9.59 Å². The maximum absolute atomic E-state index is 11.6. The number of carbonyl (C=O) groups excluding carboxylic acids is 2. The summed E-state index contributed by atoms with van der Waals surface area (Å²) in [5.74, 6) is -2.91. The normalized spacial score (nSPS) is 31.8. The lowest BCUT2D eigenvalue weighted by Gasteiger charge is -2.13. The zero-order valence-corrected chi connectivity index (χ0v) is 8.94. The molecule has 0 aromatic carbocycles. The van der Waals surface area contributed by atoms with E-state index in [-0.39, 0.29) is 6.61 Å². The van der Waals surface area contributed by atoms with Gasteiger partial charge >= 0.3 is 11.9 Å². The van der Waals surface area contributed by atoms with Gasteiger partial charge in [0.05, 0.1) is 6.61 Å². The molecular formula is C10H14O5. The van der Waals surface area contributed by atoms with Crippen LogP contribution in [-0.2, 0) is 19.1 Å². The standard InChI is InChI=1S/C10H14O5/c1-4-15-8(14)10(7(12)13)6(5-11)9(10,2)3/h5-6H,4H2,1-3H3,(H,12,13). The van der Waals surface area contributed by atoms with E-state index in [1.54, 1.807) is 20.8 Å². The minimum atomic E-state index is -1.69. The number of ether oxygens (including phenoxy) is 1. The van der Waals surface area contributed by atoms with Gasteiger partial charge in [-0.05, 0) is 6.92 Å². The van der Waals surface area contributed by atoms with Crippen LogP contribution in [0.25, 0.3) is 0 Å². The maximum atomic E-state index is 11.6. The Balaban J connectivity index is 3.09. The first-order valence-electron chi connectivity index (χ1n) is 4.73. The summed E-state index contributed by atoms with van der Waals surface area (Å²) in [7, 11) is 0. The first-order valence-corrected chi connectivity index (χ1v) is 4.73. The van der Waals surface area contributed by atoms with Crippen molar-refractivity contribution < 1.29 is 24.2 Å². The van der Waals surface area contributed by atoms with Crippen molar-refractivity contribution in [1.29, 1.82) is 0 Å². The predicted molar refractivity (Wildman–Crippen MR) is 50.0 cm³/mol. The molecule has 0 radical (unpaired) electrons. The van der Waals surface area contributed by atoms with Crippen LogP contribution in [0.2, 0.25) is 0 Å². The summed E-state index contributed by atoms with van der Waals surface area (Å²) in [6, 6.07) is 0. The molecule has 1 aliphatic carbocycles. The molecule has 1 fully saturated rings. The monoisotopic (exact) mass is 214 g/mol. The molecule has 5 heteroatoms. The van der Waals surface area contributed by atoms with Gasteiger partial charge in [-0.2, -0.15) is 0 Å². The molecule has 15 heavy (non-hydrogen) atoms. The molecule has 84 valence electrons. The second-order valence-electron chi connectivity index (χ2n) is 4.17. The average molecular weight is 214 g/mol. The Morgan fingerprint density at radius 3 is 2.27 bits per heavy atom. The molecule has 1 saturated carbocycles. The maximum Gasteiger partial charge on any atom is 0.324 e. The van der Waals surface area contributed by atoms with Crippen LogP contribution in [0.15, 0.2) is 0 Å². The van der Waals surface area contributed by atoms with Gasteiger partial charge in [-0.15, -0.1) is 0 Å². The third-order valence-electron chi connectivity index (χ3n) is 3.25. The van der Waals surface area contributed by atoms with E-state index in [1.807, 2.05) is 0 Å². The van der Waals surface area contributed by atoms with Crippen LogP contribution in [0.4, 0.5) is 0 Å². The van der Waals surface area contributed by atoms with Crippen molar-refractivity contribution in [3.05, 3.63) is 0 Å². The SMILES string of the molecule is CCOC(=O)C1(C(=O)O)C(C=O)C1(C)C. The second kappa shape index (κ2) is 3.32. The topological polar surface area (TPSA) is 80.7 Å². The third kappa shape index (κ3) is 1.19. The van der Waals surface area contributed by atoms with Crippen molar-refractivity contribution in [2.75, 3.05) is 6.61 Å². The quantitative estimate of drug-likeness (QED) is 0.418. The van der Waals surface area contributed by atoms with Gasteiger partial charge in [-0.1, -0.05) is 13.8 Å². The highest BCUT2D eigenvalue weighted by Crippen LogP contribution is 2.68. The van der Waals surface area contributed by atoms with E-state index < -0.39 is 28.7 Å². The van der Waals surface area contributed by atoms with Gasteiger partial charge in [0.25, 0.3) is 0 Å². The van der Waals surface area contributed by atoms with Crippen molar-refractivity contribution in [2.45, 2.75) is 20.8 Å². The molecule has 0 heterocycles. The summed E-state index contributed by atoms with van der Waals surface area (Å²) in [6.07, 6.45) is 0.519. The van der Waals surface area contributed by atoms with Crippen LogP contribution >= 0.6 is 0 Å². The Labute approximate surface area is 87.4 Å². The molecule has 5 nitrogen and oxygen atoms in total. The van der Waals surface area contributed by atoms with E-state index in [0.29, 0.717) is 6.29 Å². The van der Waals surface area contributed by atoms with Crippen LogP contribution in [0.5, 0.6) is 0 Å². The Hall–Kier alpha value is -1.39. The van der Waals surface area contributed by atoms with E-state index in [1.165, 1.54) is 0 Å². The number of aliphatic carboxylic acids is 1. The molecule has 0 aliphatic heterocycles. The highest BCUT2D eigenvalue weighted by molar-refractivity contribution is 6.08. The average Bonchev–Trinajstić information content (AvgIpc) is 2.63. The molecule has 0 aromatic rings. The molecule has 0 bridgehead atoms. The first kappa shape index (κ1) is 11.7. The summed E-state index contributed by atoms with van der Waals surface area (Å²) >= 11 is 0. The van der Waals surface area contributed by atoms with Crippen LogP contribution in [0.1, 0.15) is 20.8 Å². The first-order chi connectivity index (χ1) is 6.87. The molecule has 1 N–H and O–H groups in total. The van der Waals surface area contributed by atoms with Gasteiger partial charge in [0.2, 0.25) is 0 Å². The smallest absolute Gasteiger partial charge is 0.324 e. The number of carboxylic acid groups (broad SMARTS) is 1. The van der Waals surface area contributed by atoms with Crippen LogP contribution in [0.3, 0.4) is 0 Å². The third-order valence-corrected chi connectivity index (χ3v) is 3.25. The van der Waals surface area contributed by atoms with E-state index in [4.69, 9.17) is 9.84 Å². The fraction of sp³-hybridized carbons (Fsp3) is 0.700. The summed E-state index contributed by atoms with van der Waals surface area (Å²) in [4.78, 5) is 33.5. The van der Waals surface area contributed by atoms with E-state index in [9.17, 15) is 14.4 Å². The zero-order valence-electron chi connectivity index (χ0n) is 8.94. The predicted octanol–water partition coefficient (Wildman–Crippen LogP) is 0.475. The number of hydrogen-bond acceptors (Lipinski definition) is 4. The van der Waals surface area contributed by atoms with E-state index >= 15 is 0 Å². The lowest BCUT2D eigenvalue weighted by atomic mass is 9.96. The van der Waals surface area contributed by atoms with Gasteiger partial charge in [0, 0.05) is 11.3 Å². The fourth-order valence-corrected chi connectivity index (χ4v) is 2.21. The molecule has 0 saturated heterocycles. The molecule has 0 aromatic heterocycles. The van der Waals surface area contributed by atoms with Crippen molar-refractivity contribution in [3.8, 4) is 0 Å². The summed E-state index contributed by atoms with van der Waals surface area (Å²) in [6.45, 7) is 4.86. The number of aldehydes is 1. The highest BCUT2D eigenvalue weighted by atomic mass is 16.5. The number of carboxylic acids is 1. The number of carbonyl (C=O) groups is 3. The van der Waals surface area contributed by atoms with Gasteiger partial charge < -0.3 is 14.6 Å². The van der Waals surface area contributed by atoms with Crippen LogP contribution < -0.4 is 0 Å². The van der Waals surface area contributed by atoms with Crippen LogP contribution in [0, 0.1) is 16.7 Å². The molecule has 0 amide bonds. The molecular weight excluding hydrogens is 200 g/mol. The minimum Gasteiger partial charge on any atom is -0.480 e. The van der Waals surface area contributed by atoms with Crippen LogP contribution in [-0.4, -0.2) is 29.9 Å². The second-order valence-corrected chi connectivity index (χ2v) is 4.17. The van der Waals surface area contributed by atoms with E-state index in [2.05, 4.69) is 0 Å². The van der Waals surface area contributed by atoms with Crippen molar-refractivity contribution >= 4 is 18.2 Å². The lowest BCUT2D eigenvalue weighted by Crippen LogP contribution is -2.33. The van der Waals surface area contributed by atoms with Gasteiger partial charge in [0.15, 0.2) is 5.41 Å². The fourth-order valence-electron chi connectivity index (χ4n) is 2.21. The lowest BCUT2D eigenvalue weighted by molar-refractivity contribution is -0.163. The summed E-state index contributed by atoms with van der Waals surface area (Å²) in [5, 5.41) is 9.08. The van der Waals surface area contributed by atoms with E-state index in [0.717, 1.165) is 0 Å². The molecule has 1 rings (SSSR count). The van der Waals surface area contributed by atoms with Crippen molar-refractivity contribution in [2.24, 2.45) is 16.7 Å². The van der Waals surface area contributed by atoms with Gasteiger partial charge in [-0.25, -0.2) is 0 Å². The highest BCUT2D eigenvalue weighted by Gasteiger charge is 2.81. The Morgan fingerprint density at radius 2 is 2.00 bits per heavy atom. The zero-order chi connectivity index (χ0) is 11.9. The largest absolute Gasteiger partial charge is 0.480 e. The Kier molecular flexibility index (Phi) is 2.59.